The van der Waals surface area contributed by atoms with Gasteiger partial charge >= 0.3 is 6.08 Å². The molecule has 0 bridgehead atoms. The van der Waals surface area contributed by atoms with Crippen molar-refractivity contribution in [2.24, 2.45) is 0 Å². The Hall–Kier alpha value is -1.49. The number of hydrogen-bond donors (Lipinski definition) is 3. The number of hydrogen-bond acceptors (Lipinski definition) is 8. The Kier molecular flexibility index (Phi) is 3.69. The molecule has 2 aromatic heterocycles. The Labute approximate surface area is 123 Å². The number of aliphatic hydroxyl groups excluding tert-OH is 2. The number of ether oxygens (including phenoxy) is 1. The van der Waals surface area contributed by atoms with Gasteiger partial charge in [-0.3, -0.25) is 4.57 Å². The molecule has 4 N–H and O–H groups in total. The van der Waals surface area contributed by atoms with Gasteiger partial charge in [-0.1, -0.05) is 0 Å². The fraction of sp³-hybridized carbons (Fsp3) is 0.545. The van der Waals surface area contributed by atoms with Gasteiger partial charge in [-0.15, -0.1) is 0 Å². The van der Waals surface area contributed by atoms with E-state index in [-0.39, 0.29) is 17.0 Å². The van der Waals surface area contributed by atoms with E-state index >= 15 is 0 Å². The molecule has 0 aromatic carbocycles. The third-order valence-electron chi connectivity index (χ3n) is 3.36. The molecule has 4 atom stereocenters. The molecule has 0 saturated carbocycles. The molecule has 1 aliphatic heterocycles. The summed E-state index contributed by atoms with van der Waals surface area (Å²) in [5.74, 6) is 0.428. The number of halogens is 1. The zero-order valence-electron chi connectivity index (χ0n) is 11.0. The van der Waals surface area contributed by atoms with Crippen molar-refractivity contribution in [2.45, 2.75) is 24.5 Å². The molecule has 1 fully saturated rings. The van der Waals surface area contributed by atoms with Crippen molar-refractivity contribution >= 4 is 28.7 Å². The highest BCUT2D eigenvalue weighted by Gasteiger charge is 2.44. The first-order chi connectivity index (χ1) is 10.0. The van der Waals surface area contributed by atoms with Crippen molar-refractivity contribution in [1.29, 1.82) is 0 Å². The van der Waals surface area contributed by atoms with Gasteiger partial charge in [0.1, 0.15) is 12.2 Å². The van der Waals surface area contributed by atoms with Gasteiger partial charge in [0.2, 0.25) is 0 Å². The zero-order valence-corrected chi connectivity index (χ0v) is 11.9. The van der Waals surface area contributed by atoms with Crippen LogP contribution in [0.25, 0.3) is 11.2 Å². The van der Waals surface area contributed by atoms with Crippen LogP contribution in [0.5, 0.6) is 0 Å². The van der Waals surface area contributed by atoms with E-state index in [0.29, 0.717) is 5.75 Å². The predicted octanol–water partition coefficient (Wildman–Crippen LogP) is -0.470. The first-order valence-corrected chi connectivity index (χ1v) is 7.58. The summed E-state index contributed by atoms with van der Waals surface area (Å²) >= 11 is 1.49. The number of rotatable bonds is 3. The molecule has 2 unspecified atom stereocenters. The second-order valence-corrected chi connectivity index (χ2v) is 5.61. The van der Waals surface area contributed by atoms with Crippen LogP contribution in [0.15, 0.2) is 6.33 Å². The molecular weight excluding hydrogens is 301 g/mol. The van der Waals surface area contributed by atoms with Crippen LogP contribution in [0.1, 0.15) is 6.23 Å². The summed E-state index contributed by atoms with van der Waals surface area (Å²) in [6, 6.07) is 0. The van der Waals surface area contributed by atoms with E-state index in [1.54, 1.807) is 0 Å². The van der Waals surface area contributed by atoms with E-state index in [1.807, 2.05) is 6.26 Å². The quantitative estimate of drug-likeness (QED) is 0.650. The van der Waals surface area contributed by atoms with Crippen LogP contribution in [0.2, 0.25) is 0 Å². The maximum Gasteiger partial charge on any atom is 0.312 e. The van der Waals surface area contributed by atoms with Gasteiger partial charge in [-0.2, -0.15) is 26.1 Å². The molecule has 8 nitrogen and oxygen atoms in total. The Morgan fingerprint density at radius 2 is 2.19 bits per heavy atom. The third-order valence-corrected chi connectivity index (χ3v) is 4.03. The first kappa shape index (κ1) is 14.4. The van der Waals surface area contributed by atoms with E-state index in [2.05, 4.69) is 15.0 Å². The minimum absolute atomic E-state index is 0.0926. The minimum Gasteiger partial charge on any atom is -0.387 e. The van der Waals surface area contributed by atoms with Crippen molar-refractivity contribution in [3.63, 3.8) is 0 Å². The maximum absolute atomic E-state index is 13.3. The molecule has 2 aromatic rings. The number of aliphatic hydroxyl groups is 2. The molecule has 114 valence electrons. The maximum atomic E-state index is 13.3. The number of aromatic nitrogens is 4. The Balaban J connectivity index is 2.01. The molecular formula is C11H14FN5O3S. The zero-order chi connectivity index (χ0) is 15.1. The van der Waals surface area contributed by atoms with Crippen LogP contribution in [0, 0.1) is 6.08 Å². The highest BCUT2D eigenvalue weighted by Crippen LogP contribution is 2.33. The summed E-state index contributed by atoms with van der Waals surface area (Å²) in [5, 5.41) is 20.1. The van der Waals surface area contributed by atoms with E-state index in [9.17, 15) is 14.6 Å². The number of anilines is 1. The van der Waals surface area contributed by atoms with Crippen molar-refractivity contribution < 1.29 is 19.3 Å². The fourth-order valence-electron chi connectivity index (χ4n) is 2.36. The normalized spacial score (nSPS) is 29.3. The van der Waals surface area contributed by atoms with Crippen molar-refractivity contribution in [1.82, 2.24) is 19.5 Å². The first-order valence-electron chi connectivity index (χ1n) is 6.19. The fourth-order valence-corrected chi connectivity index (χ4v) is 2.96. The van der Waals surface area contributed by atoms with Gasteiger partial charge in [-0.25, -0.2) is 4.98 Å². The highest BCUT2D eigenvalue weighted by molar-refractivity contribution is 7.98. The average Bonchev–Trinajstić information content (AvgIpc) is 2.96. The van der Waals surface area contributed by atoms with Crippen LogP contribution in [0.3, 0.4) is 0 Å². The second kappa shape index (κ2) is 5.37. The summed E-state index contributed by atoms with van der Waals surface area (Å²) in [6.07, 6.45) is -1.43. The van der Waals surface area contributed by atoms with Crippen LogP contribution in [-0.2, 0) is 4.74 Å². The third kappa shape index (κ3) is 2.33. The predicted molar refractivity (Wildman–Crippen MR) is 74.0 cm³/mol. The SMILES string of the molecule is CSC[C@H]1O[C@@H](n2cnc3c(N)nc(F)nc32)C(O)C1O. The Bertz CT molecular complexity index is 669. The molecule has 3 heterocycles. The monoisotopic (exact) mass is 315 g/mol. The number of imidazole rings is 1. The van der Waals surface area contributed by atoms with Crippen LogP contribution < -0.4 is 5.73 Å². The summed E-state index contributed by atoms with van der Waals surface area (Å²) in [7, 11) is 0. The number of nitrogen functional groups attached to an aromatic ring is 1. The standard InChI is InChI=1S/C11H14FN5O3S/c1-21-2-4-6(18)7(19)10(20-4)17-3-14-5-8(13)15-11(12)16-9(5)17/h3-4,6-7,10,18-19H,2H2,1H3,(H2,13,15,16)/t4-,6?,7?,10-/m1/s1. The van der Waals surface area contributed by atoms with Gasteiger partial charge in [0.25, 0.3) is 0 Å². The lowest BCUT2D eigenvalue weighted by molar-refractivity contribution is -0.0289. The Morgan fingerprint density at radius 3 is 2.90 bits per heavy atom. The topological polar surface area (TPSA) is 119 Å². The van der Waals surface area contributed by atoms with Gasteiger partial charge in [0.15, 0.2) is 23.2 Å². The molecule has 3 rings (SSSR count). The lowest BCUT2D eigenvalue weighted by Gasteiger charge is -2.16. The summed E-state index contributed by atoms with van der Waals surface area (Å²) in [6.45, 7) is 0. The van der Waals surface area contributed by atoms with Crippen molar-refractivity contribution in [3.05, 3.63) is 12.4 Å². The van der Waals surface area contributed by atoms with Gasteiger partial charge in [0.05, 0.1) is 12.4 Å². The Morgan fingerprint density at radius 1 is 1.43 bits per heavy atom. The highest BCUT2D eigenvalue weighted by atomic mass is 32.2. The van der Waals surface area contributed by atoms with Crippen LogP contribution in [-0.4, -0.2) is 60.1 Å². The van der Waals surface area contributed by atoms with E-state index in [4.69, 9.17) is 10.5 Å². The molecule has 21 heavy (non-hydrogen) atoms. The minimum atomic E-state index is -1.17. The largest absolute Gasteiger partial charge is 0.387 e. The lowest BCUT2D eigenvalue weighted by atomic mass is 10.1. The number of nitrogens with zero attached hydrogens (tertiary/aromatic N) is 4. The number of thioether (sulfide) groups is 1. The molecule has 0 aliphatic carbocycles. The molecule has 10 heteroatoms. The lowest BCUT2D eigenvalue weighted by Crippen LogP contribution is -2.32. The summed E-state index contributed by atoms with van der Waals surface area (Å²) in [5.41, 5.74) is 5.91. The number of nitrogens with two attached hydrogens (primary N) is 1. The molecule has 0 spiro atoms. The molecule has 0 radical (unpaired) electrons. The second-order valence-electron chi connectivity index (χ2n) is 4.70. The van der Waals surface area contributed by atoms with E-state index in [0.717, 1.165) is 0 Å². The van der Waals surface area contributed by atoms with Gasteiger partial charge in [0, 0.05) is 5.75 Å². The van der Waals surface area contributed by atoms with E-state index < -0.39 is 30.6 Å². The molecule has 1 saturated heterocycles. The van der Waals surface area contributed by atoms with Crippen LogP contribution >= 0.6 is 11.8 Å². The van der Waals surface area contributed by atoms with Crippen molar-refractivity contribution in [3.8, 4) is 0 Å². The van der Waals surface area contributed by atoms with Gasteiger partial charge < -0.3 is 20.7 Å². The van der Waals surface area contributed by atoms with E-state index in [1.165, 1.54) is 22.7 Å². The smallest absolute Gasteiger partial charge is 0.312 e. The summed E-state index contributed by atoms with van der Waals surface area (Å²) in [4.78, 5) is 11.0. The summed E-state index contributed by atoms with van der Waals surface area (Å²) < 4.78 is 20.3. The number of fused-ring (bicyclic) bond motifs is 1. The average molecular weight is 315 g/mol. The molecule has 1 aliphatic rings. The van der Waals surface area contributed by atoms with Gasteiger partial charge in [-0.05, 0) is 6.26 Å². The molecule has 0 amide bonds. The van der Waals surface area contributed by atoms with Crippen LogP contribution in [0.4, 0.5) is 10.2 Å². The van der Waals surface area contributed by atoms with Crippen molar-refractivity contribution in [2.75, 3.05) is 17.7 Å².